The van der Waals surface area contributed by atoms with E-state index in [1.165, 1.54) is 11.1 Å². The normalized spacial score (nSPS) is 13.1. The third-order valence-electron chi connectivity index (χ3n) is 6.66. The lowest BCUT2D eigenvalue weighted by Gasteiger charge is -2.38. The van der Waals surface area contributed by atoms with Crippen LogP contribution in [-0.2, 0) is 6.54 Å². The molecule has 0 amide bonds. The molecule has 0 aliphatic heterocycles. The highest BCUT2D eigenvalue weighted by Gasteiger charge is 2.30. The molecule has 0 bridgehead atoms. The van der Waals surface area contributed by atoms with Gasteiger partial charge in [-0.1, -0.05) is 121 Å². The smallest absolute Gasteiger partial charge is 0.121 e. The van der Waals surface area contributed by atoms with Crippen LogP contribution in [0.4, 0.5) is 0 Å². The molecular weight excluding hydrogens is 414 g/mol. The van der Waals surface area contributed by atoms with Crippen molar-refractivity contribution in [3.8, 4) is 5.75 Å². The largest absolute Gasteiger partial charge is 0.508 e. The molecule has 0 saturated heterocycles. The first-order valence-corrected chi connectivity index (χ1v) is 11.8. The highest BCUT2D eigenvalue weighted by Crippen LogP contribution is 2.43. The highest BCUT2D eigenvalue weighted by atomic mass is 16.3. The maximum Gasteiger partial charge on any atom is 0.121 e. The first-order valence-electron chi connectivity index (χ1n) is 11.8. The van der Waals surface area contributed by atoms with Crippen molar-refractivity contribution in [3.63, 3.8) is 0 Å². The summed E-state index contributed by atoms with van der Waals surface area (Å²) in [5.41, 5.74) is 4.60. The topological polar surface area (TPSA) is 23.5 Å². The number of phenolic OH excluding ortho intramolecular Hbond substituents is 1. The first kappa shape index (κ1) is 21.9. The van der Waals surface area contributed by atoms with Crippen LogP contribution in [0.15, 0.2) is 127 Å². The van der Waals surface area contributed by atoms with Crippen LogP contribution in [0.25, 0.3) is 10.8 Å². The molecule has 0 fully saturated rings. The van der Waals surface area contributed by atoms with Crippen molar-refractivity contribution < 1.29 is 5.11 Å². The highest BCUT2D eigenvalue weighted by molar-refractivity contribution is 5.88. The Hall–Kier alpha value is -3.88. The van der Waals surface area contributed by atoms with Crippen molar-refractivity contribution in [1.82, 2.24) is 4.90 Å². The van der Waals surface area contributed by atoms with Gasteiger partial charge in [-0.3, -0.25) is 4.90 Å². The summed E-state index contributed by atoms with van der Waals surface area (Å²) < 4.78 is 0. The van der Waals surface area contributed by atoms with Crippen LogP contribution in [0.3, 0.4) is 0 Å². The summed E-state index contributed by atoms with van der Waals surface area (Å²) in [6.45, 7) is 3.01. The van der Waals surface area contributed by atoms with Crippen molar-refractivity contribution in [3.05, 3.63) is 150 Å². The zero-order valence-corrected chi connectivity index (χ0v) is 19.4. The molecule has 5 aromatic rings. The summed E-state index contributed by atoms with van der Waals surface area (Å²) in [4.78, 5) is 2.50. The van der Waals surface area contributed by atoms with Crippen molar-refractivity contribution in [2.24, 2.45) is 0 Å². The van der Waals surface area contributed by atoms with Gasteiger partial charge in [0, 0.05) is 18.2 Å². The van der Waals surface area contributed by atoms with Crippen molar-refractivity contribution in [2.45, 2.75) is 25.6 Å². The van der Waals surface area contributed by atoms with Crippen molar-refractivity contribution in [2.75, 3.05) is 0 Å². The summed E-state index contributed by atoms with van der Waals surface area (Å²) in [5.74, 6) is 0.325. The number of phenols is 1. The summed E-state index contributed by atoms with van der Waals surface area (Å²) in [6, 6.07) is 43.9. The zero-order chi connectivity index (χ0) is 23.3. The van der Waals surface area contributed by atoms with Gasteiger partial charge in [0.25, 0.3) is 0 Å². The van der Waals surface area contributed by atoms with Gasteiger partial charge in [-0.05, 0) is 40.5 Å². The molecule has 5 aromatic carbocycles. The predicted octanol–water partition coefficient (Wildman–Crippen LogP) is 7.90. The van der Waals surface area contributed by atoms with E-state index >= 15 is 0 Å². The standard InChI is InChI=1S/C32H29NO/c1-24(26-15-7-3-8-16-26)33(23-25-13-5-2-6-14-25)32(28-18-9-4-10-19-28)31-29-20-12-11-17-27(29)21-22-30(31)34/h2-22,24,32,34H,23H2,1H3/t24-,32-/m1/s1. The number of fused-ring (bicyclic) bond motifs is 1. The van der Waals surface area contributed by atoms with Gasteiger partial charge >= 0.3 is 0 Å². The van der Waals surface area contributed by atoms with Gasteiger partial charge in [-0.2, -0.15) is 0 Å². The summed E-state index contributed by atoms with van der Waals surface area (Å²) in [5, 5.41) is 13.5. The Morgan fingerprint density at radius 3 is 1.85 bits per heavy atom. The minimum Gasteiger partial charge on any atom is -0.508 e. The van der Waals surface area contributed by atoms with Gasteiger partial charge in [0.1, 0.15) is 5.75 Å². The number of rotatable bonds is 7. The maximum atomic E-state index is 11.3. The number of benzene rings is 5. The molecule has 2 heteroatoms. The molecule has 0 aromatic heterocycles. The van der Waals surface area contributed by atoms with Crippen LogP contribution in [0.2, 0.25) is 0 Å². The molecule has 168 valence electrons. The fourth-order valence-corrected chi connectivity index (χ4v) is 4.90. The molecule has 0 heterocycles. The summed E-state index contributed by atoms with van der Waals surface area (Å²) in [6.07, 6.45) is 0. The number of nitrogens with zero attached hydrogens (tertiary/aromatic N) is 1. The van der Waals surface area contributed by atoms with E-state index in [1.54, 1.807) is 0 Å². The van der Waals surface area contributed by atoms with Gasteiger partial charge in [0.2, 0.25) is 0 Å². The lowest BCUT2D eigenvalue weighted by atomic mass is 9.89. The number of aromatic hydroxyl groups is 1. The van der Waals surface area contributed by atoms with Gasteiger partial charge in [0.15, 0.2) is 0 Å². The Balaban J connectivity index is 1.74. The lowest BCUT2D eigenvalue weighted by molar-refractivity contribution is 0.156. The van der Waals surface area contributed by atoms with Crippen molar-refractivity contribution >= 4 is 10.8 Å². The average Bonchev–Trinajstić information content (AvgIpc) is 2.91. The minimum atomic E-state index is -0.136. The average molecular weight is 444 g/mol. The van der Waals surface area contributed by atoms with E-state index < -0.39 is 0 Å². The number of hydrogen-bond donors (Lipinski definition) is 1. The van der Waals surface area contributed by atoms with Crippen LogP contribution in [0, 0.1) is 0 Å². The summed E-state index contributed by atoms with van der Waals surface area (Å²) in [7, 11) is 0. The molecule has 2 atom stereocenters. The van der Waals surface area contributed by atoms with E-state index in [9.17, 15) is 5.11 Å². The van der Waals surface area contributed by atoms with Gasteiger partial charge in [0.05, 0.1) is 6.04 Å². The Bertz CT molecular complexity index is 1350. The van der Waals surface area contributed by atoms with Gasteiger partial charge in [-0.15, -0.1) is 0 Å². The maximum absolute atomic E-state index is 11.3. The second-order valence-corrected chi connectivity index (χ2v) is 8.78. The van der Waals surface area contributed by atoms with Crippen LogP contribution >= 0.6 is 0 Å². The fraction of sp³-hybridized carbons (Fsp3) is 0.125. The first-order chi connectivity index (χ1) is 16.7. The van der Waals surface area contributed by atoms with Crippen LogP contribution in [0.5, 0.6) is 5.75 Å². The third-order valence-corrected chi connectivity index (χ3v) is 6.66. The van der Waals surface area contributed by atoms with E-state index in [0.29, 0.717) is 5.75 Å². The van der Waals surface area contributed by atoms with Gasteiger partial charge in [-0.25, -0.2) is 0 Å². The molecule has 0 unspecified atom stereocenters. The molecule has 5 rings (SSSR count). The van der Waals surface area contributed by atoms with Gasteiger partial charge < -0.3 is 5.11 Å². The molecule has 0 spiro atoms. The summed E-state index contributed by atoms with van der Waals surface area (Å²) >= 11 is 0. The number of hydrogen-bond acceptors (Lipinski definition) is 2. The molecule has 1 N–H and O–H groups in total. The van der Waals surface area contributed by atoms with Crippen LogP contribution < -0.4 is 0 Å². The molecule has 0 radical (unpaired) electrons. The molecular formula is C32H29NO. The van der Waals surface area contributed by atoms with Crippen LogP contribution in [0.1, 0.15) is 41.3 Å². The monoisotopic (exact) mass is 443 g/mol. The van der Waals surface area contributed by atoms with Crippen LogP contribution in [-0.4, -0.2) is 10.0 Å². The third kappa shape index (κ3) is 4.46. The SMILES string of the molecule is C[C@H](c1ccccc1)N(Cc1ccccc1)[C@H](c1ccccc1)c1c(O)ccc2ccccc12. The minimum absolute atomic E-state index is 0.116. The van der Waals surface area contributed by atoms with E-state index in [4.69, 9.17) is 0 Å². The fourth-order valence-electron chi connectivity index (χ4n) is 4.90. The van der Waals surface area contributed by atoms with E-state index in [2.05, 4.69) is 121 Å². The predicted molar refractivity (Wildman–Crippen MR) is 141 cm³/mol. The Morgan fingerprint density at radius 1 is 0.618 bits per heavy atom. The molecule has 0 aliphatic rings. The Kier molecular flexibility index (Phi) is 6.42. The Labute approximate surface area is 201 Å². The van der Waals surface area contributed by atoms with Crippen molar-refractivity contribution in [1.29, 1.82) is 0 Å². The quantitative estimate of drug-likeness (QED) is 0.276. The molecule has 34 heavy (non-hydrogen) atoms. The zero-order valence-electron chi connectivity index (χ0n) is 19.4. The molecule has 0 aliphatic carbocycles. The molecule has 0 saturated carbocycles. The Morgan fingerprint density at radius 2 is 1.18 bits per heavy atom. The molecule has 2 nitrogen and oxygen atoms in total. The second kappa shape index (κ2) is 9.94. The second-order valence-electron chi connectivity index (χ2n) is 8.78. The van der Waals surface area contributed by atoms with E-state index in [1.807, 2.05) is 18.2 Å². The van der Waals surface area contributed by atoms with E-state index in [0.717, 1.165) is 28.4 Å². The lowest BCUT2D eigenvalue weighted by Crippen LogP contribution is -2.32. The van der Waals surface area contributed by atoms with E-state index in [-0.39, 0.29) is 12.1 Å².